The van der Waals surface area contributed by atoms with Gasteiger partial charge >= 0.3 is 0 Å². The Morgan fingerprint density at radius 1 is 1.16 bits per heavy atom. The summed E-state index contributed by atoms with van der Waals surface area (Å²) in [7, 11) is 0. The van der Waals surface area contributed by atoms with E-state index in [1.54, 1.807) is 6.08 Å². The maximum absolute atomic E-state index is 12.7. The molecule has 3 heterocycles. The summed E-state index contributed by atoms with van der Waals surface area (Å²) in [4.78, 5) is 33.9. The van der Waals surface area contributed by atoms with Crippen LogP contribution in [-0.4, -0.2) is 40.7 Å². The standard InChI is InChI=1S/C17H17N5O3/c18-14-13(21-6-8-25-9-7-21)15(23)20-17-19-12(16(24)22(14)17)10-11-4-2-1-3-5-11/h1-5,10H,6-9,18H2,(H,19,20,23). The lowest BCUT2D eigenvalue weighted by Gasteiger charge is -2.28. The molecular formula is C17H17N5O3. The van der Waals surface area contributed by atoms with Gasteiger partial charge < -0.3 is 20.4 Å². The monoisotopic (exact) mass is 339 g/mol. The highest BCUT2D eigenvalue weighted by Gasteiger charge is 2.21. The molecule has 0 aliphatic carbocycles. The first-order valence-electron chi connectivity index (χ1n) is 7.99. The van der Waals surface area contributed by atoms with Crippen LogP contribution in [0.3, 0.4) is 0 Å². The number of aromatic amines is 1. The van der Waals surface area contributed by atoms with Crippen molar-refractivity contribution in [3.63, 3.8) is 0 Å². The zero-order valence-corrected chi connectivity index (χ0v) is 13.4. The van der Waals surface area contributed by atoms with Gasteiger partial charge in [0, 0.05) is 13.1 Å². The molecule has 0 spiro atoms. The van der Waals surface area contributed by atoms with Crippen molar-refractivity contribution in [2.45, 2.75) is 0 Å². The van der Waals surface area contributed by atoms with Gasteiger partial charge in [0.25, 0.3) is 11.1 Å². The van der Waals surface area contributed by atoms with E-state index in [4.69, 9.17) is 10.5 Å². The van der Waals surface area contributed by atoms with Gasteiger partial charge in [0.15, 0.2) is 0 Å². The number of nitrogens with one attached hydrogen (secondary N) is 1. The summed E-state index contributed by atoms with van der Waals surface area (Å²) < 4.78 is 6.55. The van der Waals surface area contributed by atoms with Crippen LogP contribution in [0.2, 0.25) is 0 Å². The number of H-pyrrole nitrogens is 1. The van der Waals surface area contributed by atoms with Crippen LogP contribution in [0.4, 0.5) is 11.5 Å². The van der Waals surface area contributed by atoms with Gasteiger partial charge in [-0.3, -0.25) is 9.59 Å². The van der Waals surface area contributed by atoms with E-state index < -0.39 is 5.56 Å². The highest BCUT2D eigenvalue weighted by molar-refractivity contribution is 5.66. The summed E-state index contributed by atoms with van der Waals surface area (Å²) in [5.41, 5.74) is 6.49. The van der Waals surface area contributed by atoms with Crippen LogP contribution in [-0.2, 0) is 4.74 Å². The largest absolute Gasteiger partial charge is 0.383 e. The van der Waals surface area contributed by atoms with Crippen molar-refractivity contribution < 1.29 is 4.74 Å². The Hall–Kier alpha value is -3.13. The van der Waals surface area contributed by atoms with Gasteiger partial charge in [-0.2, -0.15) is 4.98 Å². The van der Waals surface area contributed by atoms with Crippen molar-refractivity contribution in [2.24, 2.45) is 0 Å². The van der Waals surface area contributed by atoms with Crippen LogP contribution in [0.5, 0.6) is 0 Å². The Bertz CT molecular complexity index is 1080. The molecule has 0 radical (unpaired) electrons. The highest BCUT2D eigenvalue weighted by atomic mass is 16.5. The van der Waals surface area contributed by atoms with E-state index in [-0.39, 0.29) is 22.8 Å². The van der Waals surface area contributed by atoms with E-state index in [0.29, 0.717) is 31.7 Å². The van der Waals surface area contributed by atoms with Crippen molar-refractivity contribution >= 4 is 23.4 Å². The molecule has 1 fully saturated rings. The molecule has 0 saturated carbocycles. The molecule has 0 unspecified atom stereocenters. The predicted octanol–water partition coefficient (Wildman–Crippen LogP) is -0.651. The van der Waals surface area contributed by atoms with E-state index in [2.05, 4.69) is 9.97 Å². The minimum Gasteiger partial charge on any atom is -0.383 e. The number of nitrogens with two attached hydrogens (primary N) is 1. The molecule has 8 nitrogen and oxygen atoms in total. The number of nitrogen functional groups attached to an aromatic ring is 1. The lowest BCUT2D eigenvalue weighted by Crippen LogP contribution is -2.40. The Kier molecular flexibility index (Phi) is 3.73. The molecule has 8 heteroatoms. The molecule has 1 aliphatic heterocycles. The van der Waals surface area contributed by atoms with Crippen molar-refractivity contribution in [2.75, 3.05) is 36.9 Å². The van der Waals surface area contributed by atoms with Gasteiger partial charge in [-0.1, -0.05) is 30.3 Å². The number of imidazole rings is 1. The van der Waals surface area contributed by atoms with E-state index in [0.717, 1.165) is 5.56 Å². The van der Waals surface area contributed by atoms with Crippen molar-refractivity contribution in [1.82, 2.24) is 14.4 Å². The maximum atomic E-state index is 12.7. The van der Waals surface area contributed by atoms with Crippen LogP contribution in [0.1, 0.15) is 5.56 Å². The van der Waals surface area contributed by atoms with Gasteiger partial charge in [0.2, 0.25) is 5.78 Å². The van der Waals surface area contributed by atoms with Crippen molar-refractivity contribution in [3.05, 3.63) is 62.0 Å². The van der Waals surface area contributed by atoms with Gasteiger partial charge in [-0.25, -0.2) is 4.40 Å². The fourth-order valence-electron chi connectivity index (χ4n) is 3.01. The average molecular weight is 339 g/mol. The number of fused-ring (bicyclic) bond motifs is 1. The third-order valence-electron chi connectivity index (χ3n) is 4.22. The molecule has 0 amide bonds. The number of hydrogen-bond donors (Lipinski definition) is 2. The van der Waals surface area contributed by atoms with Gasteiger partial charge in [0.1, 0.15) is 16.9 Å². The predicted molar refractivity (Wildman–Crippen MR) is 94.8 cm³/mol. The third kappa shape index (κ3) is 2.66. The fourth-order valence-corrected chi connectivity index (χ4v) is 3.01. The van der Waals surface area contributed by atoms with Crippen LogP contribution in [0.25, 0.3) is 11.9 Å². The average Bonchev–Trinajstić information content (AvgIpc) is 2.92. The third-order valence-corrected chi connectivity index (χ3v) is 4.22. The summed E-state index contributed by atoms with van der Waals surface area (Å²) in [5, 5.41) is 0.323. The normalized spacial score (nSPS) is 15.8. The molecule has 4 rings (SSSR count). The second-order valence-corrected chi connectivity index (χ2v) is 5.81. The topological polar surface area (TPSA) is 106 Å². The number of anilines is 2. The Balaban J connectivity index is 1.93. The number of aromatic nitrogens is 3. The maximum Gasteiger partial charge on any atom is 0.300 e. The van der Waals surface area contributed by atoms with E-state index >= 15 is 0 Å². The second-order valence-electron chi connectivity index (χ2n) is 5.81. The molecular weight excluding hydrogens is 322 g/mol. The van der Waals surface area contributed by atoms with Crippen LogP contribution in [0, 0.1) is 0 Å². The van der Waals surface area contributed by atoms with Crippen LogP contribution >= 0.6 is 0 Å². The summed E-state index contributed by atoms with van der Waals surface area (Å²) in [6.45, 7) is 2.08. The van der Waals surface area contributed by atoms with Gasteiger partial charge in [-0.15, -0.1) is 0 Å². The molecule has 1 aliphatic rings. The van der Waals surface area contributed by atoms with Crippen molar-refractivity contribution in [1.29, 1.82) is 0 Å². The molecule has 128 valence electrons. The summed E-state index contributed by atoms with van der Waals surface area (Å²) in [5.74, 6) is 0.248. The SMILES string of the molecule is Nc1c(N2CCOCC2)c(=O)nc2[nH]c(=Cc3ccccc3)c(=O)n12. The van der Waals surface area contributed by atoms with E-state index in [1.165, 1.54) is 4.40 Å². The number of ether oxygens (including phenoxy) is 1. The number of benzene rings is 1. The first-order chi connectivity index (χ1) is 12.1. The molecule has 25 heavy (non-hydrogen) atoms. The zero-order chi connectivity index (χ0) is 17.4. The fraction of sp³-hybridized carbons (Fsp3) is 0.235. The Morgan fingerprint density at radius 2 is 1.88 bits per heavy atom. The quantitative estimate of drug-likeness (QED) is 0.643. The molecule has 3 aromatic rings. The van der Waals surface area contributed by atoms with Crippen molar-refractivity contribution in [3.8, 4) is 0 Å². The van der Waals surface area contributed by atoms with Crippen LogP contribution < -0.4 is 27.1 Å². The zero-order valence-electron chi connectivity index (χ0n) is 13.4. The lowest BCUT2D eigenvalue weighted by atomic mass is 10.2. The van der Waals surface area contributed by atoms with Crippen LogP contribution in [0.15, 0.2) is 39.9 Å². The van der Waals surface area contributed by atoms with Gasteiger partial charge in [0.05, 0.1) is 13.2 Å². The number of rotatable bonds is 2. The molecule has 3 N–H and O–H groups in total. The minimum absolute atomic E-state index is 0.103. The molecule has 1 saturated heterocycles. The number of hydrogen-bond acceptors (Lipinski definition) is 6. The minimum atomic E-state index is -0.452. The Morgan fingerprint density at radius 3 is 2.60 bits per heavy atom. The summed E-state index contributed by atoms with van der Waals surface area (Å²) >= 11 is 0. The second kappa shape index (κ2) is 6.06. The highest BCUT2D eigenvalue weighted by Crippen LogP contribution is 2.18. The van der Waals surface area contributed by atoms with E-state index in [9.17, 15) is 9.59 Å². The number of nitrogens with zero attached hydrogens (tertiary/aromatic N) is 3. The smallest absolute Gasteiger partial charge is 0.300 e. The molecule has 0 atom stereocenters. The first-order valence-corrected chi connectivity index (χ1v) is 7.99. The summed E-state index contributed by atoms with van der Waals surface area (Å²) in [6, 6.07) is 9.42. The van der Waals surface area contributed by atoms with Gasteiger partial charge in [-0.05, 0) is 11.6 Å². The van der Waals surface area contributed by atoms with E-state index in [1.807, 2.05) is 35.2 Å². The first kappa shape index (κ1) is 15.4. The number of morpholine rings is 1. The Labute approximate surface area is 142 Å². The summed E-state index contributed by atoms with van der Waals surface area (Å²) in [6.07, 6.45) is 1.70. The lowest BCUT2D eigenvalue weighted by molar-refractivity contribution is 0.122. The molecule has 0 bridgehead atoms. The molecule has 2 aromatic heterocycles. The molecule has 1 aromatic carbocycles.